The number of ether oxygens (including phenoxy) is 2. The molecule has 0 saturated carbocycles. The van der Waals surface area contributed by atoms with Crippen LogP contribution in [-0.4, -0.2) is 19.7 Å². The standard InChI is InChI=1S/C7H12O3/c1-4-5-10-6(2)7(8)9-3/h2,4-5H2,1,3H3. The summed E-state index contributed by atoms with van der Waals surface area (Å²) in [6.07, 6.45) is 0.857. The molecule has 0 aromatic carbocycles. The fraction of sp³-hybridized carbons (Fsp3) is 0.571. The molecule has 0 aliphatic rings. The van der Waals surface area contributed by atoms with Gasteiger partial charge >= 0.3 is 5.97 Å². The minimum absolute atomic E-state index is 0.0735. The summed E-state index contributed by atoms with van der Waals surface area (Å²) in [6.45, 7) is 5.82. The smallest absolute Gasteiger partial charge is 0.372 e. The number of methoxy groups -OCH3 is 1. The number of carbonyl (C=O) groups is 1. The molecule has 0 spiro atoms. The fourth-order valence-corrected chi connectivity index (χ4v) is 0.398. The fourth-order valence-electron chi connectivity index (χ4n) is 0.398. The summed E-state index contributed by atoms with van der Waals surface area (Å²) in [7, 11) is 1.29. The van der Waals surface area contributed by atoms with Gasteiger partial charge in [0.15, 0.2) is 5.76 Å². The summed E-state index contributed by atoms with van der Waals surface area (Å²) < 4.78 is 9.22. The van der Waals surface area contributed by atoms with Gasteiger partial charge in [-0.15, -0.1) is 0 Å². The first-order valence-electron chi connectivity index (χ1n) is 3.12. The van der Waals surface area contributed by atoms with Gasteiger partial charge in [-0.05, 0) is 13.0 Å². The van der Waals surface area contributed by atoms with Crippen LogP contribution >= 0.6 is 0 Å². The van der Waals surface area contributed by atoms with Crippen LogP contribution in [0.4, 0.5) is 0 Å². The van der Waals surface area contributed by atoms with Crippen LogP contribution in [0.3, 0.4) is 0 Å². The minimum atomic E-state index is -0.506. The van der Waals surface area contributed by atoms with E-state index in [9.17, 15) is 4.79 Å². The highest BCUT2D eigenvalue weighted by Crippen LogP contribution is 1.96. The molecule has 3 nitrogen and oxygen atoms in total. The SMILES string of the molecule is C=C(OCCC)C(=O)OC. The lowest BCUT2D eigenvalue weighted by Gasteiger charge is -2.03. The molecule has 0 unspecified atom stereocenters. The van der Waals surface area contributed by atoms with Gasteiger partial charge < -0.3 is 9.47 Å². The Bertz CT molecular complexity index is 129. The molecule has 0 saturated heterocycles. The molecular weight excluding hydrogens is 132 g/mol. The number of esters is 1. The van der Waals surface area contributed by atoms with Gasteiger partial charge in [0.25, 0.3) is 0 Å². The lowest BCUT2D eigenvalue weighted by molar-refractivity contribution is -0.140. The maximum absolute atomic E-state index is 10.6. The molecule has 0 aromatic rings. The van der Waals surface area contributed by atoms with Crippen LogP contribution in [0, 0.1) is 0 Å². The zero-order valence-corrected chi connectivity index (χ0v) is 6.35. The number of hydrogen-bond donors (Lipinski definition) is 0. The molecule has 10 heavy (non-hydrogen) atoms. The highest BCUT2D eigenvalue weighted by molar-refractivity contribution is 5.85. The van der Waals surface area contributed by atoms with Crippen molar-refractivity contribution in [1.29, 1.82) is 0 Å². The van der Waals surface area contributed by atoms with Crippen molar-refractivity contribution in [2.75, 3.05) is 13.7 Å². The van der Waals surface area contributed by atoms with E-state index in [1.54, 1.807) is 0 Å². The quantitative estimate of drug-likeness (QED) is 0.336. The minimum Gasteiger partial charge on any atom is -0.487 e. The maximum Gasteiger partial charge on any atom is 0.372 e. The molecule has 3 heteroatoms. The Morgan fingerprint density at radius 1 is 1.60 bits per heavy atom. The second kappa shape index (κ2) is 4.85. The zero-order chi connectivity index (χ0) is 7.98. The highest BCUT2D eigenvalue weighted by atomic mass is 16.6. The molecule has 0 rings (SSSR count). The van der Waals surface area contributed by atoms with Crippen molar-refractivity contribution >= 4 is 5.97 Å². The maximum atomic E-state index is 10.6. The van der Waals surface area contributed by atoms with E-state index in [4.69, 9.17) is 4.74 Å². The van der Waals surface area contributed by atoms with Gasteiger partial charge in [0.05, 0.1) is 13.7 Å². The van der Waals surface area contributed by atoms with E-state index in [0.717, 1.165) is 6.42 Å². The predicted octanol–water partition coefficient (Wildman–Crippen LogP) is 1.10. The molecule has 0 aliphatic heterocycles. The van der Waals surface area contributed by atoms with Crippen LogP contribution < -0.4 is 0 Å². The van der Waals surface area contributed by atoms with Crippen molar-refractivity contribution in [3.05, 3.63) is 12.3 Å². The topological polar surface area (TPSA) is 35.5 Å². The third kappa shape index (κ3) is 3.12. The molecule has 0 aromatic heterocycles. The Labute approximate surface area is 60.6 Å². The van der Waals surface area contributed by atoms with Gasteiger partial charge in [-0.25, -0.2) is 4.79 Å². The first-order chi connectivity index (χ1) is 4.72. The van der Waals surface area contributed by atoms with Crippen LogP contribution in [-0.2, 0) is 14.3 Å². The second-order valence-corrected chi connectivity index (χ2v) is 1.76. The van der Waals surface area contributed by atoms with E-state index >= 15 is 0 Å². The number of carbonyl (C=O) groups excluding carboxylic acids is 1. The molecule has 0 N–H and O–H groups in total. The number of hydrogen-bond acceptors (Lipinski definition) is 3. The molecule has 0 bridgehead atoms. The Morgan fingerprint density at radius 2 is 2.20 bits per heavy atom. The van der Waals surface area contributed by atoms with Gasteiger partial charge in [-0.3, -0.25) is 0 Å². The molecule has 0 fully saturated rings. The Balaban J connectivity index is 3.52. The summed E-state index contributed by atoms with van der Waals surface area (Å²) in [5, 5.41) is 0. The third-order valence-corrected chi connectivity index (χ3v) is 0.893. The summed E-state index contributed by atoms with van der Waals surface area (Å²) in [6, 6.07) is 0. The zero-order valence-electron chi connectivity index (χ0n) is 6.35. The Hall–Kier alpha value is -0.990. The van der Waals surface area contributed by atoms with E-state index in [1.165, 1.54) is 7.11 Å². The molecule has 0 aliphatic carbocycles. The molecular formula is C7H12O3. The lowest BCUT2D eigenvalue weighted by Crippen LogP contribution is -2.07. The largest absolute Gasteiger partial charge is 0.487 e. The van der Waals surface area contributed by atoms with Crippen molar-refractivity contribution in [3.63, 3.8) is 0 Å². The molecule has 0 atom stereocenters. The van der Waals surface area contributed by atoms with Gasteiger partial charge in [0, 0.05) is 0 Å². The van der Waals surface area contributed by atoms with E-state index in [0.29, 0.717) is 6.61 Å². The van der Waals surface area contributed by atoms with Crippen molar-refractivity contribution < 1.29 is 14.3 Å². The van der Waals surface area contributed by atoms with Crippen LogP contribution in [0.5, 0.6) is 0 Å². The van der Waals surface area contributed by atoms with Crippen molar-refractivity contribution in [3.8, 4) is 0 Å². The third-order valence-electron chi connectivity index (χ3n) is 0.893. The summed E-state index contributed by atoms with van der Waals surface area (Å²) >= 11 is 0. The summed E-state index contributed by atoms with van der Waals surface area (Å²) in [5.41, 5.74) is 0. The predicted molar refractivity (Wildman–Crippen MR) is 37.4 cm³/mol. The summed E-state index contributed by atoms with van der Waals surface area (Å²) in [5.74, 6) is -0.433. The summed E-state index contributed by atoms with van der Waals surface area (Å²) in [4.78, 5) is 10.6. The molecule has 58 valence electrons. The van der Waals surface area contributed by atoms with Crippen molar-refractivity contribution in [1.82, 2.24) is 0 Å². The lowest BCUT2D eigenvalue weighted by atomic mass is 10.5. The highest BCUT2D eigenvalue weighted by Gasteiger charge is 2.05. The van der Waals surface area contributed by atoms with E-state index < -0.39 is 5.97 Å². The second-order valence-electron chi connectivity index (χ2n) is 1.76. The molecule has 0 radical (unpaired) electrons. The van der Waals surface area contributed by atoms with E-state index in [1.807, 2.05) is 6.92 Å². The monoisotopic (exact) mass is 144 g/mol. The van der Waals surface area contributed by atoms with Crippen LogP contribution in [0.2, 0.25) is 0 Å². The van der Waals surface area contributed by atoms with E-state index in [2.05, 4.69) is 11.3 Å². The van der Waals surface area contributed by atoms with Crippen molar-refractivity contribution in [2.24, 2.45) is 0 Å². The van der Waals surface area contributed by atoms with Crippen molar-refractivity contribution in [2.45, 2.75) is 13.3 Å². The van der Waals surface area contributed by atoms with Gasteiger partial charge in [-0.2, -0.15) is 0 Å². The van der Waals surface area contributed by atoms with Crippen LogP contribution in [0.25, 0.3) is 0 Å². The van der Waals surface area contributed by atoms with Gasteiger partial charge in [-0.1, -0.05) is 6.92 Å². The first kappa shape index (κ1) is 9.01. The number of rotatable bonds is 4. The van der Waals surface area contributed by atoms with Crippen LogP contribution in [0.15, 0.2) is 12.3 Å². The first-order valence-corrected chi connectivity index (χ1v) is 3.12. The van der Waals surface area contributed by atoms with Crippen LogP contribution in [0.1, 0.15) is 13.3 Å². The van der Waals surface area contributed by atoms with Gasteiger partial charge in [0.1, 0.15) is 0 Å². The Morgan fingerprint density at radius 3 is 2.60 bits per heavy atom. The average Bonchev–Trinajstić information content (AvgIpc) is 1.98. The normalized spacial score (nSPS) is 8.60. The van der Waals surface area contributed by atoms with Gasteiger partial charge in [0.2, 0.25) is 0 Å². The Kier molecular flexibility index (Phi) is 4.37. The van der Waals surface area contributed by atoms with E-state index in [-0.39, 0.29) is 5.76 Å². The molecule has 0 amide bonds. The average molecular weight is 144 g/mol. The molecule has 0 heterocycles.